The molecule has 146 valence electrons. The smallest absolute Gasteiger partial charge is 0.254 e. The van der Waals surface area contributed by atoms with E-state index >= 15 is 0 Å². The summed E-state index contributed by atoms with van der Waals surface area (Å²) < 4.78 is 16.1. The van der Waals surface area contributed by atoms with Crippen LogP contribution in [-0.2, 0) is 13.1 Å². The molecular weight excluding hydrogens is 374 g/mol. The Morgan fingerprint density at radius 2 is 1.61 bits per heavy atom. The first-order valence-corrected chi connectivity index (χ1v) is 9.69. The zero-order valence-electron chi connectivity index (χ0n) is 16.2. The first kappa shape index (κ1) is 19.8. The van der Waals surface area contributed by atoms with Gasteiger partial charge in [0, 0.05) is 16.0 Å². The second-order valence-electron chi connectivity index (χ2n) is 6.12. The van der Waals surface area contributed by atoms with Crippen LogP contribution in [-0.4, -0.2) is 32.1 Å². The molecule has 0 unspecified atom stereocenters. The maximum absolute atomic E-state index is 13.3. The molecule has 3 rings (SSSR count). The molecular formula is C22H23NO4S. The molecule has 0 aliphatic rings. The van der Waals surface area contributed by atoms with E-state index in [1.807, 2.05) is 46.7 Å². The molecule has 0 bridgehead atoms. The minimum Gasteiger partial charge on any atom is -0.496 e. The molecule has 0 aliphatic heterocycles. The molecule has 0 N–H and O–H groups in total. The summed E-state index contributed by atoms with van der Waals surface area (Å²) in [6, 6.07) is 17.0. The Morgan fingerprint density at radius 3 is 2.29 bits per heavy atom. The van der Waals surface area contributed by atoms with E-state index < -0.39 is 0 Å². The van der Waals surface area contributed by atoms with Gasteiger partial charge in [0.2, 0.25) is 0 Å². The van der Waals surface area contributed by atoms with Crippen LogP contribution in [0, 0.1) is 0 Å². The number of amides is 1. The van der Waals surface area contributed by atoms with E-state index in [2.05, 4.69) is 0 Å². The van der Waals surface area contributed by atoms with Gasteiger partial charge in [-0.1, -0.05) is 24.3 Å². The molecule has 0 spiro atoms. The summed E-state index contributed by atoms with van der Waals surface area (Å²) in [7, 11) is 4.77. The summed E-state index contributed by atoms with van der Waals surface area (Å²) in [6.07, 6.45) is 0. The average Bonchev–Trinajstić information content (AvgIpc) is 3.25. The first-order chi connectivity index (χ1) is 13.7. The maximum Gasteiger partial charge on any atom is 0.254 e. The maximum atomic E-state index is 13.3. The Balaban J connectivity index is 1.93. The molecule has 1 heterocycles. The number of ether oxygens (including phenoxy) is 3. The highest BCUT2D eigenvalue weighted by atomic mass is 32.1. The molecule has 0 saturated carbocycles. The number of nitrogens with zero attached hydrogens (tertiary/aromatic N) is 1. The van der Waals surface area contributed by atoms with Crippen molar-refractivity contribution < 1.29 is 19.0 Å². The van der Waals surface area contributed by atoms with Crippen LogP contribution in [0.1, 0.15) is 20.8 Å². The minimum absolute atomic E-state index is 0.0831. The van der Waals surface area contributed by atoms with Crippen LogP contribution in [0.3, 0.4) is 0 Å². The molecule has 6 heteroatoms. The SMILES string of the molecule is COc1ccccc1CN(Cc1cccs1)C(=O)c1ccc(OC)c(OC)c1. The Kier molecular flexibility index (Phi) is 6.55. The van der Waals surface area contributed by atoms with Gasteiger partial charge in [-0.2, -0.15) is 0 Å². The van der Waals surface area contributed by atoms with Crippen LogP contribution in [0.5, 0.6) is 17.2 Å². The lowest BCUT2D eigenvalue weighted by molar-refractivity contribution is 0.0730. The molecule has 0 saturated heterocycles. The van der Waals surface area contributed by atoms with Crippen molar-refractivity contribution in [2.75, 3.05) is 21.3 Å². The van der Waals surface area contributed by atoms with E-state index in [0.29, 0.717) is 30.2 Å². The van der Waals surface area contributed by atoms with Crippen molar-refractivity contribution in [1.29, 1.82) is 0 Å². The largest absolute Gasteiger partial charge is 0.496 e. The second kappa shape index (κ2) is 9.28. The van der Waals surface area contributed by atoms with E-state index in [-0.39, 0.29) is 5.91 Å². The molecule has 1 aromatic heterocycles. The number of carbonyl (C=O) groups is 1. The van der Waals surface area contributed by atoms with Gasteiger partial charge in [-0.25, -0.2) is 0 Å². The number of hydrogen-bond donors (Lipinski definition) is 0. The lowest BCUT2D eigenvalue weighted by atomic mass is 10.1. The number of benzene rings is 2. The summed E-state index contributed by atoms with van der Waals surface area (Å²) in [5.41, 5.74) is 1.50. The first-order valence-electron chi connectivity index (χ1n) is 8.81. The van der Waals surface area contributed by atoms with Gasteiger partial charge in [0.25, 0.3) is 5.91 Å². The normalized spacial score (nSPS) is 10.4. The van der Waals surface area contributed by atoms with Gasteiger partial charge in [-0.3, -0.25) is 4.79 Å². The van der Waals surface area contributed by atoms with Crippen LogP contribution in [0.15, 0.2) is 60.0 Å². The van der Waals surface area contributed by atoms with Crippen molar-refractivity contribution >= 4 is 17.2 Å². The summed E-state index contributed by atoms with van der Waals surface area (Å²) in [4.78, 5) is 16.3. The van der Waals surface area contributed by atoms with E-state index in [4.69, 9.17) is 14.2 Å². The highest BCUT2D eigenvalue weighted by Gasteiger charge is 2.20. The second-order valence-corrected chi connectivity index (χ2v) is 7.15. The summed E-state index contributed by atoms with van der Waals surface area (Å²) in [6.45, 7) is 0.956. The van der Waals surface area contributed by atoms with Crippen molar-refractivity contribution in [2.45, 2.75) is 13.1 Å². The fourth-order valence-electron chi connectivity index (χ4n) is 2.98. The Hall–Kier alpha value is -2.99. The van der Waals surface area contributed by atoms with Crippen molar-refractivity contribution in [3.8, 4) is 17.2 Å². The zero-order valence-corrected chi connectivity index (χ0v) is 17.0. The third-order valence-corrected chi connectivity index (χ3v) is 5.26. The standard InChI is InChI=1S/C22H23NO4S/c1-25-19-9-5-4-7-17(19)14-23(15-18-8-6-12-28-18)22(24)16-10-11-20(26-2)21(13-16)27-3/h4-13H,14-15H2,1-3H3. The van der Waals surface area contributed by atoms with Gasteiger partial charge < -0.3 is 19.1 Å². The number of para-hydroxylation sites is 1. The van der Waals surface area contributed by atoms with E-state index in [9.17, 15) is 4.79 Å². The lowest BCUT2D eigenvalue weighted by Crippen LogP contribution is -2.30. The lowest BCUT2D eigenvalue weighted by Gasteiger charge is -2.24. The van der Waals surface area contributed by atoms with Gasteiger partial charge in [-0.05, 0) is 35.7 Å². The molecule has 2 aromatic carbocycles. The number of carbonyl (C=O) groups excluding carboxylic acids is 1. The molecule has 3 aromatic rings. The predicted octanol–water partition coefficient (Wildman–Crippen LogP) is 4.62. The Labute approximate surface area is 169 Å². The molecule has 0 aliphatic carbocycles. The summed E-state index contributed by atoms with van der Waals surface area (Å²) in [5.74, 6) is 1.80. The third kappa shape index (κ3) is 4.46. The van der Waals surface area contributed by atoms with Gasteiger partial charge in [0.15, 0.2) is 11.5 Å². The Bertz CT molecular complexity index is 924. The highest BCUT2D eigenvalue weighted by molar-refractivity contribution is 7.09. The average molecular weight is 397 g/mol. The predicted molar refractivity (Wildman–Crippen MR) is 110 cm³/mol. The fourth-order valence-corrected chi connectivity index (χ4v) is 3.70. The van der Waals surface area contributed by atoms with Crippen LogP contribution in [0.25, 0.3) is 0 Å². The molecule has 0 fully saturated rings. The van der Waals surface area contributed by atoms with E-state index in [1.165, 1.54) is 0 Å². The fraction of sp³-hybridized carbons (Fsp3) is 0.227. The molecule has 0 radical (unpaired) electrons. The number of rotatable bonds is 8. The molecule has 5 nitrogen and oxygen atoms in total. The van der Waals surface area contributed by atoms with Crippen LogP contribution >= 0.6 is 11.3 Å². The van der Waals surface area contributed by atoms with Crippen molar-refractivity contribution in [3.05, 3.63) is 76.0 Å². The monoisotopic (exact) mass is 397 g/mol. The van der Waals surface area contributed by atoms with Gasteiger partial charge in [0.05, 0.1) is 34.4 Å². The number of methoxy groups -OCH3 is 3. The van der Waals surface area contributed by atoms with Crippen molar-refractivity contribution in [2.24, 2.45) is 0 Å². The Morgan fingerprint density at radius 1 is 0.857 bits per heavy atom. The number of thiophene rings is 1. The highest BCUT2D eigenvalue weighted by Crippen LogP contribution is 2.29. The van der Waals surface area contributed by atoms with Gasteiger partial charge >= 0.3 is 0 Å². The quantitative estimate of drug-likeness (QED) is 0.557. The molecule has 28 heavy (non-hydrogen) atoms. The van der Waals surface area contributed by atoms with Gasteiger partial charge in [-0.15, -0.1) is 11.3 Å². The summed E-state index contributed by atoms with van der Waals surface area (Å²) >= 11 is 1.63. The van der Waals surface area contributed by atoms with Crippen molar-refractivity contribution in [1.82, 2.24) is 4.90 Å². The minimum atomic E-state index is -0.0831. The third-order valence-electron chi connectivity index (χ3n) is 4.40. The van der Waals surface area contributed by atoms with Crippen molar-refractivity contribution in [3.63, 3.8) is 0 Å². The van der Waals surface area contributed by atoms with E-state index in [1.54, 1.807) is 50.9 Å². The number of hydrogen-bond acceptors (Lipinski definition) is 5. The van der Waals surface area contributed by atoms with Crippen LogP contribution < -0.4 is 14.2 Å². The van der Waals surface area contributed by atoms with Crippen LogP contribution in [0.2, 0.25) is 0 Å². The molecule has 1 amide bonds. The zero-order chi connectivity index (χ0) is 19.9. The molecule has 0 atom stereocenters. The summed E-state index contributed by atoms with van der Waals surface area (Å²) in [5, 5.41) is 2.01. The van der Waals surface area contributed by atoms with Gasteiger partial charge in [0.1, 0.15) is 5.75 Å². The topological polar surface area (TPSA) is 48.0 Å². The van der Waals surface area contributed by atoms with E-state index in [0.717, 1.165) is 16.2 Å². The van der Waals surface area contributed by atoms with Crippen LogP contribution in [0.4, 0.5) is 0 Å².